The molecular weight excluding hydrogens is 448 g/mol. The summed E-state index contributed by atoms with van der Waals surface area (Å²) in [6.45, 7) is 6.24. The van der Waals surface area contributed by atoms with Gasteiger partial charge in [-0.05, 0) is 75.2 Å². The average molecular weight is 489 g/mol. The third kappa shape index (κ3) is 6.34. The summed E-state index contributed by atoms with van der Waals surface area (Å²) in [6.07, 6.45) is 6.39. The van der Waals surface area contributed by atoms with Crippen LogP contribution in [0, 0.1) is 11.8 Å². The lowest BCUT2D eigenvalue weighted by molar-refractivity contribution is -0.136. The van der Waals surface area contributed by atoms with Crippen molar-refractivity contribution in [2.45, 2.75) is 51.1 Å². The molecule has 0 saturated carbocycles. The van der Waals surface area contributed by atoms with E-state index >= 15 is 0 Å². The molecule has 3 heterocycles. The summed E-state index contributed by atoms with van der Waals surface area (Å²) >= 11 is 0. The third-order valence-electron chi connectivity index (χ3n) is 8.35. The first kappa shape index (κ1) is 25.0. The van der Waals surface area contributed by atoms with Gasteiger partial charge < -0.3 is 10.2 Å². The number of nitrogens with zero attached hydrogens (tertiary/aromatic N) is 3. The van der Waals surface area contributed by atoms with Gasteiger partial charge in [0, 0.05) is 43.8 Å². The van der Waals surface area contributed by atoms with E-state index in [0.717, 1.165) is 38.2 Å². The number of nitrogens with one attached hydrogen (secondary N) is 1. The maximum Gasteiger partial charge on any atom is 0.236 e. The van der Waals surface area contributed by atoms with Crippen molar-refractivity contribution in [3.8, 4) is 0 Å². The van der Waals surface area contributed by atoms with Crippen LogP contribution in [0.25, 0.3) is 0 Å². The van der Waals surface area contributed by atoms with Gasteiger partial charge in [0.15, 0.2) is 0 Å². The van der Waals surface area contributed by atoms with Crippen LogP contribution in [0.1, 0.15) is 44.1 Å². The van der Waals surface area contributed by atoms with Gasteiger partial charge in [-0.15, -0.1) is 0 Å². The number of anilines is 1. The highest BCUT2D eigenvalue weighted by atomic mass is 16.2. The Morgan fingerprint density at radius 3 is 2.25 bits per heavy atom. The van der Waals surface area contributed by atoms with Crippen molar-refractivity contribution in [1.82, 2.24) is 14.7 Å². The van der Waals surface area contributed by atoms with Crippen molar-refractivity contribution < 1.29 is 9.59 Å². The molecule has 0 radical (unpaired) electrons. The highest BCUT2D eigenvalue weighted by molar-refractivity contribution is 5.92. The first-order valence-corrected chi connectivity index (χ1v) is 13.8. The van der Waals surface area contributed by atoms with Crippen LogP contribution in [0.5, 0.6) is 0 Å². The van der Waals surface area contributed by atoms with Crippen LogP contribution >= 0.6 is 0 Å². The van der Waals surface area contributed by atoms with Crippen molar-refractivity contribution >= 4 is 17.5 Å². The predicted molar refractivity (Wildman–Crippen MR) is 143 cm³/mol. The summed E-state index contributed by atoms with van der Waals surface area (Å²) in [4.78, 5) is 32.9. The summed E-state index contributed by atoms with van der Waals surface area (Å²) < 4.78 is 0. The lowest BCUT2D eigenvalue weighted by Crippen LogP contribution is -2.49. The molecule has 3 saturated heterocycles. The smallest absolute Gasteiger partial charge is 0.236 e. The van der Waals surface area contributed by atoms with Crippen molar-refractivity contribution in [2.75, 3.05) is 44.6 Å². The molecule has 3 aliphatic rings. The largest absolute Gasteiger partial charge is 0.342 e. The van der Waals surface area contributed by atoms with E-state index in [-0.39, 0.29) is 17.7 Å². The summed E-state index contributed by atoms with van der Waals surface area (Å²) in [6, 6.07) is 20.9. The summed E-state index contributed by atoms with van der Waals surface area (Å²) in [5, 5.41) is 3.02. The van der Waals surface area contributed by atoms with Gasteiger partial charge in [-0.1, -0.05) is 48.5 Å². The molecule has 0 aliphatic carbocycles. The molecule has 0 aromatic heterocycles. The number of amides is 2. The van der Waals surface area contributed by atoms with Crippen molar-refractivity contribution in [3.05, 3.63) is 66.2 Å². The molecule has 1 N–H and O–H groups in total. The maximum absolute atomic E-state index is 13.2. The molecule has 0 bridgehead atoms. The highest BCUT2D eigenvalue weighted by Gasteiger charge is 2.36. The van der Waals surface area contributed by atoms with Crippen LogP contribution in [-0.4, -0.2) is 71.8 Å². The first-order chi connectivity index (χ1) is 17.7. The average Bonchev–Trinajstić information content (AvgIpc) is 3.38. The minimum atomic E-state index is -0.0216. The van der Waals surface area contributed by atoms with E-state index in [1.807, 2.05) is 35.2 Å². The summed E-state index contributed by atoms with van der Waals surface area (Å²) in [7, 11) is 0. The Kier molecular flexibility index (Phi) is 8.34. The minimum Gasteiger partial charge on any atom is -0.342 e. The molecule has 3 aliphatic heterocycles. The van der Waals surface area contributed by atoms with Crippen LogP contribution < -0.4 is 5.32 Å². The number of piperidine rings is 2. The second-order valence-electron chi connectivity index (χ2n) is 10.8. The molecule has 6 nitrogen and oxygen atoms in total. The van der Waals surface area contributed by atoms with Crippen LogP contribution in [-0.2, 0) is 16.1 Å². The topological polar surface area (TPSA) is 55.9 Å². The number of hydrogen-bond donors (Lipinski definition) is 1. The Morgan fingerprint density at radius 2 is 1.50 bits per heavy atom. The van der Waals surface area contributed by atoms with Crippen LogP contribution in [0.2, 0.25) is 0 Å². The molecule has 192 valence electrons. The van der Waals surface area contributed by atoms with E-state index in [9.17, 15) is 9.59 Å². The molecule has 0 unspecified atom stereocenters. The summed E-state index contributed by atoms with van der Waals surface area (Å²) in [5.41, 5.74) is 2.23. The molecule has 36 heavy (non-hydrogen) atoms. The normalized spacial score (nSPS) is 24.1. The van der Waals surface area contributed by atoms with E-state index < -0.39 is 0 Å². The maximum atomic E-state index is 13.2. The first-order valence-electron chi connectivity index (χ1n) is 13.8. The number of hydrogen-bond acceptors (Lipinski definition) is 4. The van der Waals surface area contributed by atoms with E-state index in [0.29, 0.717) is 31.6 Å². The standard InChI is InChI=1S/C30H40N4O2/c35-29(33-19-15-25(16-20-33)30(36)31-27-12-5-2-6-13-27)23-34-18-8-14-28(34)26-11-7-17-32(22-26)21-24-9-3-1-4-10-24/h1-6,9-10,12-13,25-26,28H,7-8,11,14-23H2,(H,31,36)/t26-,28+/m0/s1. The zero-order valence-corrected chi connectivity index (χ0v) is 21.4. The number of likely N-dealkylation sites (tertiary alicyclic amines) is 3. The monoisotopic (exact) mass is 488 g/mol. The fourth-order valence-corrected chi connectivity index (χ4v) is 6.40. The fourth-order valence-electron chi connectivity index (χ4n) is 6.40. The number of para-hydroxylation sites is 1. The summed E-state index contributed by atoms with van der Waals surface area (Å²) in [5.74, 6) is 0.933. The Hall–Kier alpha value is -2.70. The second-order valence-corrected chi connectivity index (χ2v) is 10.8. The Labute approximate surface area is 215 Å². The number of carbonyl (C=O) groups excluding carboxylic acids is 2. The molecule has 2 aromatic rings. The van der Waals surface area contributed by atoms with E-state index in [4.69, 9.17) is 0 Å². The van der Waals surface area contributed by atoms with Gasteiger partial charge >= 0.3 is 0 Å². The third-order valence-corrected chi connectivity index (χ3v) is 8.35. The SMILES string of the molecule is O=C(Nc1ccccc1)C1CCN(C(=O)CN2CCC[C@@H]2[C@H]2CCCN(Cc3ccccc3)C2)CC1. The number of carbonyl (C=O) groups is 2. The fraction of sp³-hybridized carbons (Fsp3) is 0.533. The Bertz CT molecular complexity index is 991. The predicted octanol–water partition coefficient (Wildman–Crippen LogP) is 4.24. The van der Waals surface area contributed by atoms with Crippen LogP contribution in [0.3, 0.4) is 0 Å². The van der Waals surface area contributed by atoms with Gasteiger partial charge in [0.25, 0.3) is 0 Å². The van der Waals surface area contributed by atoms with Crippen molar-refractivity contribution in [1.29, 1.82) is 0 Å². The van der Waals surface area contributed by atoms with Gasteiger partial charge in [0.2, 0.25) is 11.8 Å². The minimum absolute atomic E-state index is 0.0216. The van der Waals surface area contributed by atoms with Crippen molar-refractivity contribution in [2.24, 2.45) is 11.8 Å². The Morgan fingerprint density at radius 1 is 0.806 bits per heavy atom. The van der Waals surface area contributed by atoms with Gasteiger partial charge in [-0.25, -0.2) is 0 Å². The van der Waals surface area contributed by atoms with Gasteiger partial charge in [0.1, 0.15) is 0 Å². The number of benzene rings is 2. The second kappa shape index (κ2) is 12.0. The van der Waals surface area contributed by atoms with Gasteiger partial charge in [-0.3, -0.25) is 19.4 Å². The van der Waals surface area contributed by atoms with Gasteiger partial charge in [0.05, 0.1) is 6.54 Å². The van der Waals surface area contributed by atoms with E-state index in [1.165, 1.54) is 37.8 Å². The number of rotatable bonds is 7. The highest BCUT2D eigenvalue weighted by Crippen LogP contribution is 2.31. The molecule has 6 heteroatoms. The molecule has 2 amide bonds. The van der Waals surface area contributed by atoms with Crippen molar-refractivity contribution in [3.63, 3.8) is 0 Å². The van der Waals surface area contributed by atoms with Crippen LogP contribution in [0.4, 0.5) is 5.69 Å². The zero-order valence-electron chi connectivity index (χ0n) is 21.4. The lowest BCUT2D eigenvalue weighted by Gasteiger charge is -2.39. The van der Waals surface area contributed by atoms with E-state index in [2.05, 4.69) is 45.4 Å². The molecular formula is C30H40N4O2. The molecule has 0 spiro atoms. The molecule has 3 fully saturated rings. The van der Waals surface area contributed by atoms with Crippen LogP contribution in [0.15, 0.2) is 60.7 Å². The molecule has 5 rings (SSSR count). The lowest BCUT2D eigenvalue weighted by atomic mass is 9.89. The van der Waals surface area contributed by atoms with Gasteiger partial charge in [-0.2, -0.15) is 0 Å². The molecule has 2 atom stereocenters. The quantitative estimate of drug-likeness (QED) is 0.633. The zero-order chi connectivity index (χ0) is 24.7. The van der Waals surface area contributed by atoms with E-state index in [1.54, 1.807) is 0 Å². The molecule has 2 aromatic carbocycles. The Balaban J connectivity index is 1.09.